The highest BCUT2D eigenvalue weighted by Gasteiger charge is 2.48. The van der Waals surface area contributed by atoms with Gasteiger partial charge in [-0.25, -0.2) is 9.37 Å². The normalized spacial score (nSPS) is 25.0. The van der Waals surface area contributed by atoms with E-state index in [1.165, 1.54) is 17.4 Å². The van der Waals surface area contributed by atoms with Crippen LogP contribution in [0.2, 0.25) is 0 Å². The Kier molecular flexibility index (Phi) is 4.42. The predicted molar refractivity (Wildman–Crippen MR) is 100 cm³/mol. The Morgan fingerprint density at radius 2 is 2.28 bits per heavy atom. The lowest BCUT2D eigenvalue weighted by molar-refractivity contribution is 0.0597. The Morgan fingerprint density at radius 3 is 3.00 bits per heavy atom. The molecule has 7 heteroatoms. The van der Waals surface area contributed by atoms with Crippen molar-refractivity contribution in [3.05, 3.63) is 39.2 Å². The molecule has 1 amide bonds. The first-order chi connectivity index (χ1) is 12.0. The van der Waals surface area contributed by atoms with Gasteiger partial charge in [-0.1, -0.05) is 6.07 Å². The Morgan fingerprint density at radius 1 is 1.48 bits per heavy atom. The molecular formula is C18H19BrFN3OS. The van der Waals surface area contributed by atoms with Crippen LogP contribution in [0.25, 0.3) is 10.4 Å². The molecule has 1 aromatic carbocycles. The number of nitrogens with zero attached hydrogens (tertiary/aromatic N) is 2. The summed E-state index contributed by atoms with van der Waals surface area (Å²) in [5.41, 5.74) is 7.22. The number of fused-ring (bicyclic) bond motifs is 2. The van der Waals surface area contributed by atoms with Crippen LogP contribution in [0.5, 0.6) is 0 Å². The number of aromatic nitrogens is 1. The van der Waals surface area contributed by atoms with Crippen molar-refractivity contribution in [2.75, 3.05) is 6.54 Å². The highest BCUT2D eigenvalue weighted by Crippen LogP contribution is 2.44. The second kappa shape index (κ2) is 6.45. The summed E-state index contributed by atoms with van der Waals surface area (Å²) in [6, 6.07) is 5.20. The molecule has 1 aliphatic carbocycles. The van der Waals surface area contributed by atoms with E-state index in [9.17, 15) is 9.18 Å². The molecule has 1 aliphatic heterocycles. The molecule has 2 fully saturated rings. The van der Waals surface area contributed by atoms with Crippen LogP contribution in [-0.2, 0) is 0 Å². The zero-order valence-corrected chi connectivity index (χ0v) is 16.2. The minimum atomic E-state index is -0.321. The van der Waals surface area contributed by atoms with E-state index in [0.717, 1.165) is 34.7 Å². The van der Waals surface area contributed by atoms with Crippen LogP contribution in [0.15, 0.2) is 22.7 Å². The summed E-state index contributed by atoms with van der Waals surface area (Å²) in [4.78, 5) is 20.6. The van der Waals surface area contributed by atoms with Gasteiger partial charge in [0.05, 0.1) is 14.4 Å². The van der Waals surface area contributed by atoms with Gasteiger partial charge in [0.25, 0.3) is 5.91 Å². The van der Waals surface area contributed by atoms with Gasteiger partial charge in [-0.3, -0.25) is 4.79 Å². The van der Waals surface area contributed by atoms with Gasteiger partial charge in [-0.15, -0.1) is 11.3 Å². The van der Waals surface area contributed by atoms with E-state index in [2.05, 4.69) is 20.9 Å². The number of hydrogen-bond donors (Lipinski definition) is 1. The highest BCUT2D eigenvalue weighted by atomic mass is 79.9. The fourth-order valence-electron chi connectivity index (χ4n) is 4.24. The molecule has 2 aliphatic rings. The number of amides is 1. The zero-order chi connectivity index (χ0) is 17.7. The fraction of sp³-hybridized carbons (Fsp3) is 0.444. The summed E-state index contributed by atoms with van der Waals surface area (Å²) < 4.78 is 14.0. The van der Waals surface area contributed by atoms with Crippen molar-refractivity contribution in [2.45, 2.75) is 38.3 Å². The first-order valence-corrected chi connectivity index (χ1v) is 10.1. The summed E-state index contributed by atoms with van der Waals surface area (Å²) in [6.45, 7) is 2.38. The first kappa shape index (κ1) is 17.1. The topological polar surface area (TPSA) is 59.2 Å². The van der Waals surface area contributed by atoms with E-state index in [-0.39, 0.29) is 23.8 Å². The van der Waals surface area contributed by atoms with Crippen molar-refractivity contribution < 1.29 is 9.18 Å². The average Bonchev–Trinajstić information content (AvgIpc) is 3.30. The second-order valence-electron chi connectivity index (χ2n) is 6.78. The van der Waals surface area contributed by atoms with Gasteiger partial charge in [0.2, 0.25) is 0 Å². The summed E-state index contributed by atoms with van der Waals surface area (Å²) >= 11 is 4.69. The van der Waals surface area contributed by atoms with Gasteiger partial charge >= 0.3 is 0 Å². The summed E-state index contributed by atoms with van der Waals surface area (Å²) in [5, 5.41) is 0.826. The minimum absolute atomic E-state index is 0.0394. The van der Waals surface area contributed by atoms with E-state index < -0.39 is 0 Å². The van der Waals surface area contributed by atoms with E-state index in [1.54, 1.807) is 12.1 Å². The van der Waals surface area contributed by atoms with Crippen molar-refractivity contribution in [1.82, 2.24) is 9.88 Å². The first-order valence-electron chi connectivity index (χ1n) is 8.45. The number of hydrogen-bond acceptors (Lipinski definition) is 4. The van der Waals surface area contributed by atoms with Crippen LogP contribution in [0, 0.1) is 18.7 Å². The maximum atomic E-state index is 13.6. The Hall–Kier alpha value is -1.31. The van der Waals surface area contributed by atoms with Crippen LogP contribution in [0.3, 0.4) is 0 Å². The molecule has 2 bridgehead atoms. The van der Waals surface area contributed by atoms with E-state index in [1.807, 2.05) is 11.8 Å². The van der Waals surface area contributed by atoms with Gasteiger partial charge in [-0.2, -0.15) is 0 Å². The number of likely N-dealkylation sites (tertiary alicyclic amines) is 1. The quantitative estimate of drug-likeness (QED) is 0.811. The molecule has 1 saturated carbocycles. The number of rotatable bonds is 3. The summed E-state index contributed by atoms with van der Waals surface area (Å²) in [6.07, 6.45) is 3.26. The number of nitrogens with two attached hydrogens (primary N) is 1. The smallest absolute Gasteiger partial charge is 0.274 e. The third-order valence-corrected chi connectivity index (χ3v) is 6.96. The van der Waals surface area contributed by atoms with Crippen molar-refractivity contribution in [1.29, 1.82) is 0 Å². The van der Waals surface area contributed by atoms with Gasteiger partial charge in [0, 0.05) is 18.6 Å². The van der Waals surface area contributed by atoms with Gasteiger partial charge in [-0.05, 0) is 65.7 Å². The molecular weight excluding hydrogens is 405 g/mol. The monoisotopic (exact) mass is 423 g/mol. The molecule has 0 unspecified atom stereocenters. The van der Waals surface area contributed by atoms with Gasteiger partial charge in [0.1, 0.15) is 11.5 Å². The average molecular weight is 424 g/mol. The molecule has 0 spiro atoms. The molecule has 1 saturated heterocycles. The number of aryl methyl sites for hydroxylation is 1. The van der Waals surface area contributed by atoms with Gasteiger partial charge in [0.15, 0.2) is 0 Å². The number of carbonyl (C=O) groups excluding carboxylic acids is 1. The molecule has 25 heavy (non-hydrogen) atoms. The molecule has 2 aromatic rings. The second-order valence-corrected chi connectivity index (χ2v) is 8.84. The van der Waals surface area contributed by atoms with Crippen molar-refractivity contribution in [3.63, 3.8) is 0 Å². The van der Waals surface area contributed by atoms with Crippen LogP contribution in [-0.4, -0.2) is 34.4 Å². The van der Waals surface area contributed by atoms with E-state index in [4.69, 9.17) is 5.73 Å². The van der Waals surface area contributed by atoms with E-state index in [0.29, 0.717) is 22.6 Å². The Balaban J connectivity index is 1.73. The van der Waals surface area contributed by atoms with Crippen molar-refractivity contribution in [3.8, 4) is 10.4 Å². The largest absolute Gasteiger partial charge is 0.330 e. The molecule has 132 valence electrons. The number of piperidine rings is 1. The van der Waals surface area contributed by atoms with Gasteiger partial charge < -0.3 is 10.6 Å². The molecule has 4 rings (SSSR count). The minimum Gasteiger partial charge on any atom is -0.330 e. The molecule has 1 aromatic heterocycles. The number of benzene rings is 1. The number of carbonyl (C=O) groups is 1. The van der Waals surface area contributed by atoms with Crippen molar-refractivity contribution in [2.24, 2.45) is 11.7 Å². The third-order valence-electron chi connectivity index (χ3n) is 5.33. The molecule has 2 heterocycles. The lowest BCUT2D eigenvalue weighted by Gasteiger charge is -2.34. The molecule has 4 nitrogen and oxygen atoms in total. The molecule has 2 N–H and O–H groups in total. The standard InChI is InChI=1S/C18H19BrFN3OS/c1-9-22-16(17(25-9)11-3-5-14(20)13(19)7-11)18(24)23-12-4-2-10(6-12)15(23)8-21/h3,5,7,10,12,15H,2,4,6,8,21H2,1H3/t10-,12+,15+/m0/s1. The lowest BCUT2D eigenvalue weighted by atomic mass is 9.98. The fourth-order valence-corrected chi connectivity index (χ4v) is 5.53. The third kappa shape index (κ3) is 2.82. The van der Waals surface area contributed by atoms with E-state index >= 15 is 0 Å². The SMILES string of the molecule is Cc1nc(C(=O)N2[C@@H]3CC[C@@H](C3)[C@H]2CN)c(-c2ccc(F)c(Br)c2)s1. The Bertz CT molecular complexity index is 840. The van der Waals surface area contributed by atoms with Crippen LogP contribution >= 0.6 is 27.3 Å². The molecule has 3 atom stereocenters. The summed E-state index contributed by atoms with van der Waals surface area (Å²) in [5.74, 6) is 0.155. The van der Waals surface area contributed by atoms with Crippen LogP contribution < -0.4 is 5.73 Å². The molecule has 0 radical (unpaired) electrons. The number of thiazole rings is 1. The Labute approximate surface area is 158 Å². The maximum Gasteiger partial charge on any atom is 0.274 e. The lowest BCUT2D eigenvalue weighted by Crippen LogP contribution is -2.48. The van der Waals surface area contributed by atoms with Crippen LogP contribution in [0.4, 0.5) is 4.39 Å². The maximum absolute atomic E-state index is 13.6. The summed E-state index contributed by atoms with van der Waals surface area (Å²) in [7, 11) is 0. The van der Waals surface area contributed by atoms with Crippen molar-refractivity contribution >= 4 is 33.2 Å². The zero-order valence-electron chi connectivity index (χ0n) is 13.8. The highest BCUT2D eigenvalue weighted by molar-refractivity contribution is 9.10. The predicted octanol–water partition coefficient (Wildman–Crippen LogP) is 3.97. The number of halogens is 2. The van der Waals surface area contributed by atoms with Crippen LogP contribution in [0.1, 0.15) is 34.8 Å².